The summed E-state index contributed by atoms with van der Waals surface area (Å²) in [6.45, 7) is 11.1. The molecule has 1 aliphatic rings. The van der Waals surface area contributed by atoms with Gasteiger partial charge in [0.05, 0.1) is 0 Å². The van der Waals surface area contributed by atoms with Gasteiger partial charge in [-0.3, -0.25) is 4.79 Å². The number of urea groups is 1. The van der Waals surface area contributed by atoms with Crippen LogP contribution in [0.5, 0.6) is 0 Å². The van der Waals surface area contributed by atoms with E-state index in [-0.39, 0.29) is 34.7 Å². The topological polar surface area (TPSA) is 70.2 Å². The third kappa shape index (κ3) is 6.73. The first-order valence-electron chi connectivity index (χ1n) is 10.0. The molecule has 1 saturated carbocycles. The van der Waals surface area contributed by atoms with Gasteiger partial charge in [-0.05, 0) is 60.6 Å². The molecule has 156 valence electrons. The number of carbonyl (C=O) groups excluding carboxylic acids is 2. The highest BCUT2D eigenvalue weighted by molar-refractivity contribution is 7.98. The molecule has 0 aromatic heterocycles. The molecule has 1 fully saturated rings. The molecule has 6 heteroatoms. The standard InChI is InChI=1S/C22H35N3O2S/c1-15(2)19(26)24-17-11-21(3,4)13-22(5,12-17)14-23-20(27)25-16-7-9-18(28-6)10-8-16/h7-10,15,17H,11-14H2,1-6H3,(H,24,26)(H2,23,25,27). The molecule has 0 bridgehead atoms. The third-order valence-corrected chi connectivity index (χ3v) is 6.08. The van der Waals surface area contributed by atoms with Crippen LogP contribution >= 0.6 is 11.8 Å². The summed E-state index contributed by atoms with van der Waals surface area (Å²) >= 11 is 1.67. The van der Waals surface area contributed by atoms with E-state index >= 15 is 0 Å². The zero-order chi connectivity index (χ0) is 20.9. The highest BCUT2D eigenvalue weighted by atomic mass is 32.2. The molecule has 3 amide bonds. The van der Waals surface area contributed by atoms with Crippen molar-refractivity contribution >= 4 is 29.4 Å². The van der Waals surface area contributed by atoms with Crippen molar-refractivity contribution in [3.8, 4) is 0 Å². The first kappa shape index (κ1) is 22.6. The third-order valence-electron chi connectivity index (χ3n) is 5.34. The summed E-state index contributed by atoms with van der Waals surface area (Å²) in [5.41, 5.74) is 0.844. The number of carbonyl (C=O) groups is 2. The van der Waals surface area contributed by atoms with Gasteiger partial charge in [-0.2, -0.15) is 0 Å². The van der Waals surface area contributed by atoms with E-state index in [0.29, 0.717) is 6.54 Å². The maximum atomic E-state index is 12.4. The van der Waals surface area contributed by atoms with Crippen LogP contribution in [0, 0.1) is 16.7 Å². The Morgan fingerprint density at radius 3 is 2.36 bits per heavy atom. The van der Waals surface area contributed by atoms with Crippen LogP contribution in [0.15, 0.2) is 29.2 Å². The maximum absolute atomic E-state index is 12.4. The minimum atomic E-state index is -0.190. The lowest BCUT2D eigenvalue weighted by atomic mass is 9.62. The van der Waals surface area contributed by atoms with Crippen LogP contribution in [0.1, 0.15) is 53.9 Å². The molecule has 0 heterocycles. The molecule has 1 aliphatic carbocycles. The van der Waals surface area contributed by atoms with E-state index in [0.717, 1.165) is 29.8 Å². The van der Waals surface area contributed by atoms with Crippen LogP contribution < -0.4 is 16.0 Å². The highest BCUT2D eigenvalue weighted by Gasteiger charge is 2.41. The molecule has 5 nitrogen and oxygen atoms in total. The minimum Gasteiger partial charge on any atom is -0.353 e. The zero-order valence-electron chi connectivity index (χ0n) is 18.0. The van der Waals surface area contributed by atoms with Crippen molar-refractivity contribution in [2.45, 2.75) is 64.8 Å². The molecule has 28 heavy (non-hydrogen) atoms. The lowest BCUT2D eigenvalue weighted by Gasteiger charge is -2.47. The number of hydrogen-bond donors (Lipinski definition) is 3. The van der Waals surface area contributed by atoms with E-state index in [1.165, 1.54) is 0 Å². The molecule has 1 aromatic carbocycles. The van der Waals surface area contributed by atoms with Gasteiger partial charge in [-0.15, -0.1) is 11.8 Å². The predicted molar refractivity (Wildman–Crippen MR) is 118 cm³/mol. The maximum Gasteiger partial charge on any atom is 0.319 e. The number of amides is 3. The molecule has 1 aromatic rings. The van der Waals surface area contributed by atoms with Gasteiger partial charge in [-0.1, -0.05) is 34.6 Å². The van der Waals surface area contributed by atoms with E-state index in [4.69, 9.17) is 0 Å². The van der Waals surface area contributed by atoms with E-state index in [1.807, 2.05) is 44.4 Å². The normalized spacial score (nSPS) is 23.9. The summed E-state index contributed by atoms with van der Waals surface area (Å²) < 4.78 is 0. The molecule has 2 rings (SSSR count). The number of thioether (sulfide) groups is 1. The SMILES string of the molecule is CSc1ccc(NC(=O)NCC2(C)CC(NC(=O)C(C)C)CC(C)(C)C2)cc1. The van der Waals surface area contributed by atoms with Crippen LogP contribution in [-0.4, -0.2) is 30.8 Å². The number of hydrogen-bond acceptors (Lipinski definition) is 3. The average Bonchev–Trinajstić information content (AvgIpc) is 2.59. The largest absolute Gasteiger partial charge is 0.353 e. The molecule has 2 unspecified atom stereocenters. The molecule has 2 atom stereocenters. The second kappa shape index (κ2) is 9.21. The van der Waals surface area contributed by atoms with Crippen LogP contribution in [0.3, 0.4) is 0 Å². The molecule has 0 spiro atoms. The Kier molecular flexibility index (Phi) is 7.43. The van der Waals surface area contributed by atoms with Gasteiger partial charge in [0.15, 0.2) is 0 Å². The lowest BCUT2D eigenvalue weighted by Crippen LogP contribution is -2.51. The van der Waals surface area contributed by atoms with Crippen molar-refractivity contribution in [2.24, 2.45) is 16.7 Å². The van der Waals surface area contributed by atoms with Crippen LogP contribution in [0.25, 0.3) is 0 Å². The molecule has 0 radical (unpaired) electrons. The Balaban J connectivity index is 1.94. The molecular formula is C22H35N3O2S. The predicted octanol–water partition coefficient (Wildman–Crippen LogP) is 4.89. The van der Waals surface area contributed by atoms with E-state index in [1.54, 1.807) is 11.8 Å². The first-order chi connectivity index (χ1) is 13.0. The summed E-state index contributed by atoms with van der Waals surface area (Å²) in [5.74, 6) is 0.0853. The van der Waals surface area contributed by atoms with Gasteiger partial charge < -0.3 is 16.0 Å². The quantitative estimate of drug-likeness (QED) is 0.590. The first-order valence-corrected chi connectivity index (χ1v) is 11.2. The van der Waals surface area contributed by atoms with Crippen LogP contribution in [0.2, 0.25) is 0 Å². The Hall–Kier alpha value is -1.69. The Bertz CT molecular complexity index is 688. The van der Waals surface area contributed by atoms with E-state index < -0.39 is 0 Å². The number of benzene rings is 1. The van der Waals surface area contributed by atoms with E-state index in [2.05, 4.69) is 36.7 Å². The van der Waals surface area contributed by atoms with Crippen molar-refractivity contribution in [3.63, 3.8) is 0 Å². The smallest absolute Gasteiger partial charge is 0.319 e. The van der Waals surface area contributed by atoms with Crippen molar-refractivity contribution in [1.82, 2.24) is 10.6 Å². The summed E-state index contributed by atoms with van der Waals surface area (Å²) in [6.07, 6.45) is 4.88. The van der Waals surface area contributed by atoms with Gasteiger partial charge in [0.2, 0.25) is 5.91 Å². The van der Waals surface area contributed by atoms with Crippen molar-refractivity contribution in [2.75, 3.05) is 18.1 Å². The highest BCUT2D eigenvalue weighted by Crippen LogP contribution is 2.45. The second-order valence-corrected chi connectivity index (χ2v) is 10.3. The summed E-state index contributed by atoms with van der Waals surface area (Å²) in [5, 5.41) is 9.13. The Morgan fingerprint density at radius 1 is 1.14 bits per heavy atom. The molecule has 0 saturated heterocycles. The zero-order valence-corrected chi connectivity index (χ0v) is 18.8. The van der Waals surface area contributed by atoms with Crippen molar-refractivity contribution in [1.29, 1.82) is 0 Å². The fraction of sp³-hybridized carbons (Fsp3) is 0.636. The Labute approximate surface area is 173 Å². The molecule has 3 N–H and O–H groups in total. The minimum absolute atomic E-state index is 0.0160. The average molecular weight is 406 g/mol. The van der Waals surface area contributed by atoms with Gasteiger partial charge >= 0.3 is 6.03 Å². The van der Waals surface area contributed by atoms with Crippen LogP contribution in [-0.2, 0) is 4.79 Å². The van der Waals surface area contributed by atoms with Crippen molar-refractivity contribution < 1.29 is 9.59 Å². The van der Waals surface area contributed by atoms with Crippen molar-refractivity contribution in [3.05, 3.63) is 24.3 Å². The van der Waals surface area contributed by atoms with Gasteiger partial charge in [0, 0.05) is 29.1 Å². The van der Waals surface area contributed by atoms with Gasteiger partial charge in [0.1, 0.15) is 0 Å². The second-order valence-electron chi connectivity index (χ2n) is 9.46. The number of rotatable bonds is 6. The van der Waals surface area contributed by atoms with E-state index in [9.17, 15) is 9.59 Å². The Morgan fingerprint density at radius 2 is 1.79 bits per heavy atom. The van der Waals surface area contributed by atoms with Gasteiger partial charge in [-0.25, -0.2) is 4.79 Å². The summed E-state index contributed by atoms with van der Waals surface area (Å²) in [4.78, 5) is 25.7. The number of anilines is 1. The monoisotopic (exact) mass is 405 g/mol. The van der Waals surface area contributed by atoms with Crippen LogP contribution in [0.4, 0.5) is 10.5 Å². The fourth-order valence-electron chi connectivity index (χ4n) is 4.38. The number of nitrogens with one attached hydrogen (secondary N) is 3. The molecular weight excluding hydrogens is 370 g/mol. The fourth-order valence-corrected chi connectivity index (χ4v) is 4.79. The lowest BCUT2D eigenvalue weighted by molar-refractivity contribution is -0.125. The van der Waals surface area contributed by atoms with Gasteiger partial charge in [0.25, 0.3) is 0 Å². The summed E-state index contributed by atoms with van der Waals surface area (Å²) in [7, 11) is 0. The summed E-state index contributed by atoms with van der Waals surface area (Å²) in [6, 6.07) is 7.76. The molecule has 0 aliphatic heterocycles.